The molecule has 1 aromatic carbocycles. The zero-order chi connectivity index (χ0) is 18.5. The van der Waals surface area contributed by atoms with Gasteiger partial charge in [-0.3, -0.25) is 0 Å². The molecule has 1 aliphatic carbocycles. The molecule has 2 aromatic rings. The van der Waals surface area contributed by atoms with E-state index in [1.165, 1.54) is 0 Å². The summed E-state index contributed by atoms with van der Waals surface area (Å²) in [6.45, 7) is 7.74. The summed E-state index contributed by atoms with van der Waals surface area (Å²) in [6, 6.07) is 9.95. The number of hydrogen-bond donors (Lipinski definition) is 0. The van der Waals surface area contributed by atoms with Crippen molar-refractivity contribution in [2.45, 2.75) is 58.2 Å². The summed E-state index contributed by atoms with van der Waals surface area (Å²) < 4.78 is 29.1. The van der Waals surface area contributed by atoms with Crippen LogP contribution in [0, 0.1) is 0 Å². The van der Waals surface area contributed by atoms with Gasteiger partial charge in [0.25, 0.3) is 0 Å². The van der Waals surface area contributed by atoms with Gasteiger partial charge in [-0.2, -0.15) is 5.10 Å². The number of hydrogen-bond acceptors (Lipinski definition) is 3. The number of aromatic nitrogens is 2. The highest BCUT2D eigenvalue weighted by Crippen LogP contribution is 2.42. The van der Waals surface area contributed by atoms with Crippen LogP contribution in [-0.4, -0.2) is 28.1 Å². The fourth-order valence-corrected chi connectivity index (χ4v) is 3.56. The molecule has 2 heterocycles. The molecule has 26 heavy (non-hydrogen) atoms. The van der Waals surface area contributed by atoms with Gasteiger partial charge in [-0.25, -0.2) is 9.07 Å². The molecule has 4 nitrogen and oxygen atoms in total. The molecule has 0 N–H and O–H groups in total. The smallest absolute Gasteiger partial charge is 0.398 e. The molecule has 0 spiro atoms. The van der Waals surface area contributed by atoms with E-state index < -0.39 is 18.3 Å². The van der Waals surface area contributed by atoms with Crippen molar-refractivity contribution in [1.82, 2.24) is 9.78 Å². The van der Waals surface area contributed by atoms with Crippen molar-refractivity contribution in [3.05, 3.63) is 53.5 Å². The summed E-state index contributed by atoms with van der Waals surface area (Å²) in [5.41, 5.74) is 2.13. The summed E-state index contributed by atoms with van der Waals surface area (Å²) in [4.78, 5) is 0. The van der Waals surface area contributed by atoms with Gasteiger partial charge < -0.3 is 9.31 Å². The van der Waals surface area contributed by atoms with Gasteiger partial charge in [0.1, 0.15) is 5.73 Å². The minimum Gasteiger partial charge on any atom is -0.398 e. The largest absolute Gasteiger partial charge is 0.525 e. The van der Waals surface area contributed by atoms with E-state index in [9.17, 15) is 0 Å². The third kappa shape index (κ3) is 2.72. The molecule has 0 bridgehead atoms. The molecule has 0 atom stereocenters. The third-order valence-corrected chi connectivity index (χ3v) is 5.78. The maximum Gasteiger partial charge on any atom is 0.525 e. The number of para-hydroxylation sites is 1. The second kappa shape index (κ2) is 6.07. The molecule has 4 rings (SSSR count). The van der Waals surface area contributed by atoms with Crippen molar-refractivity contribution >= 4 is 12.7 Å². The number of fused-ring (bicyclic) bond motifs is 1. The maximum absolute atomic E-state index is 15.4. The highest BCUT2D eigenvalue weighted by atomic mass is 19.1. The predicted molar refractivity (Wildman–Crippen MR) is 101 cm³/mol. The van der Waals surface area contributed by atoms with E-state index in [1.54, 1.807) is 6.20 Å². The Labute approximate surface area is 154 Å². The van der Waals surface area contributed by atoms with Crippen molar-refractivity contribution in [2.24, 2.45) is 0 Å². The van der Waals surface area contributed by atoms with Crippen LogP contribution in [-0.2, 0) is 15.7 Å². The Hall–Kier alpha value is -1.92. The summed E-state index contributed by atoms with van der Waals surface area (Å²) >= 11 is 0. The van der Waals surface area contributed by atoms with E-state index in [0.29, 0.717) is 12.0 Å². The third-order valence-electron chi connectivity index (χ3n) is 5.78. The van der Waals surface area contributed by atoms with Crippen LogP contribution in [0.5, 0.6) is 0 Å². The molecule has 1 aliphatic heterocycles. The van der Waals surface area contributed by atoms with Crippen molar-refractivity contribution in [3.63, 3.8) is 0 Å². The van der Waals surface area contributed by atoms with Crippen molar-refractivity contribution in [2.75, 3.05) is 0 Å². The lowest BCUT2D eigenvalue weighted by Gasteiger charge is -2.32. The topological polar surface area (TPSA) is 36.3 Å². The standard InChI is InChI=1S/C20H24BFN2O2/c1-19(2)20(3,4)26-21(25-19)18(22)15-11-8-12-17-16(15)13-23-24(17)14-9-6-5-7-10-14/h5-7,9-10,13H,8,11-12H2,1-4H3. The van der Waals surface area contributed by atoms with Gasteiger partial charge in [0, 0.05) is 5.56 Å². The normalized spacial score (nSPS) is 23.0. The Balaban J connectivity index is 1.73. The minimum absolute atomic E-state index is 0.322. The number of benzene rings is 1. The summed E-state index contributed by atoms with van der Waals surface area (Å²) in [5, 5.41) is 4.52. The molecule has 1 fully saturated rings. The highest BCUT2D eigenvalue weighted by Gasteiger charge is 2.53. The molecular weight excluding hydrogens is 330 g/mol. The number of halogens is 1. The van der Waals surface area contributed by atoms with Crippen LogP contribution >= 0.6 is 0 Å². The second-order valence-corrected chi connectivity index (χ2v) is 8.02. The fraction of sp³-hybridized carbons (Fsp3) is 0.450. The van der Waals surface area contributed by atoms with Crippen molar-refractivity contribution in [3.8, 4) is 5.69 Å². The molecule has 0 unspecified atom stereocenters. The molecule has 1 saturated heterocycles. The number of nitrogens with zero attached hydrogens (tertiary/aromatic N) is 2. The SMILES string of the molecule is CC1(C)OB(C(F)=C2CCCc3c2cnn3-c2ccccc2)OC1(C)C. The lowest BCUT2D eigenvalue weighted by atomic mass is 9.79. The van der Waals surface area contributed by atoms with E-state index >= 15 is 4.39 Å². The first kappa shape index (κ1) is 17.5. The van der Waals surface area contributed by atoms with Crippen LogP contribution in [0.2, 0.25) is 0 Å². The molecule has 0 saturated carbocycles. The van der Waals surface area contributed by atoms with Crippen LogP contribution in [0.15, 0.2) is 42.3 Å². The predicted octanol–water partition coefficient (Wildman–Crippen LogP) is 4.52. The molecule has 136 valence electrons. The van der Waals surface area contributed by atoms with E-state index in [0.717, 1.165) is 29.8 Å². The van der Waals surface area contributed by atoms with Gasteiger partial charge in [-0.15, -0.1) is 0 Å². The van der Waals surface area contributed by atoms with Gasteiger partial charge in [0.15, 0.2) is 0 Å². The van der Waals surface area contributed by atoms with Crippen LogP contribution in [0.4, 0.5) is 4.39 Å². The van der Waals surface area contributed by atoms with Gasteiger partial charge in [-0.1, -0.05) is 18.2 Å². The molecular formula is C20H24BFN2O2. The van der Waals surface area contributed by atoms with Crippen molar-refractivity contribution < 1.29 is 13.7 Å². The molecule has 0 radical (unpaired) electrons. The number of rotatable bonds is 2. The van der Waals surface area contributed by atoms with Gasteiger partial charge >= 0.3 is 7.12 Å². The van der Waals surface area contributed by atoms with Gasteiger partial charge in [-0.05, 0) is 64.7 Å². The minimum atomic E-state index is -0.957. The Morgan fingerprint density at radius 2 is 1.73 bits per heavy atom. The maximum atomic E-state index is 15.4. The molecule has 6 heteroatoms. The Kier molecular flexibility index (Phi) is 4.08. The molecule has 2 aliphatic rings. The fourth-order valence-electron chi connectivity index (χ4n) is 3.56. The van der Waals surface area contributed by atoms with E-state index in [-0.39, 0.29) is 5.73 Å². The first-order valence-electron chi connectivity index (χ1n) is 9.17. The zero-order valence-electron chi connectivity index (χ0n) is 15.8. The number of allylic oxidation sites excluding steroid dienone is 1. The van der Waals surface area contributed by atoms with Gasteiger partial charge in [0.05, 0.1) is 28.8 Å². The van der Waals surface area contributed by atoms with Crippen LogP contribution in [0.3, 0.4) is 0 Å². The Morgan fingerprint density at radius 1 is 1.08 bits per heavy atom. The monoisotopic (exact) mass is 354 g/mol. The van der Waals surface area contributed by atoms with Crippen LogP contribution in [0.25, 0.3) is 11.3 Å². The van der Waals surface area contributed by atoms with Crippen molar-refractivity contribution in [1.29, 1.82) is 0 Å². The zero-order valence-corrected chi connectivity index (χ0v) is 15.8. The summed E-state index contributed by atoms with van der Waals surface area (Å²) in [6.07, 6.45) is 4.20. The lowest BCUT2D eigenvalue weighted by Crippen LogP contribution is -2.41. The first-order chi connectivity index (χ1) is 12.3. The van der Waals surface area contributed by atoms with Gasteiger partial charge in [0.2, 0.25) is 0 Å². The summed E-state index contributed by atoms with van der Waals surface area (Å²) in [5.74, 6) is 0. The average Bonchev–Trinajstić information content (AvgIpc) is 3.13. The van der Waals surface area contributed by atoms with E-state index in [4.69, 9.17) is 9.31 Å². The quantitative estimate of drug-likeness (QED) is 0.744. The molecule has 1 aromatic heterocycles. The Bertz CT molecular complexity index is 842. The second-order valence-electron chi connectivity index (χ2n) is 8.02. The highest BCUT2D eigenvalue weighted by molar-refractivity contribution is 6.55. The first-order valence-corrected chi connectivity index (χ1v) is 9.17. The van der Waals surface area contributed by atoms with E-state index in [1.807, 2.05) is 62.7 Å². The Morgan fingerprint density at radius 3 is 2.38 bits per heavy atom. The van der Waals surface area contributed by atoms with Crippen LogP contribution < -0.4 is 0 Å². The summed E-state index contributed by atoms with van der Waals surface area (Å²) in [7, 11) is -0.957. The van der Waals surface area contributed by atoms with E-state index in [2.05, 4.69) is 5.10 Å². The average molecular weight is 354 g/mol. The molecule has 0 amide bonds. The van der Waals surface area contributed by atoms with Crippen LogP contribution in [0.1, 0.15) is 51.8 Å². The lowest BCUT2D eigenvalue weighted by molar-refractivity contribution is 0.00578.